The Morgan fingerprint density at radius 2 is 0.750 bits per heavy atom. The fourth-order valence-electron chi connectivity index (χ4n) is 3.15. The largest absolute Gasteiger partial charge is 0.299 e. The molecule has 138 valence electrons. The minimum atomic E-state index is 0.813. The summed E-state index contributed by atoms with van der Waals surface area (Å²) in [5, 5.41) is 0. The van der Waals surface area contributed by atoms with Gasteiger partial charge in [-0.3, -0.25) is 9.59 Å². The summed E-state index contributed by atoms with van der Waals surface area (Å²) in [4.78, 5) is 22.4. The molecule has 28 heavy (non-hydrogen) atoms. The van der Waals surface area contributed by atoms with Gasteiger partial charge in [-0.2, -0.15) is 0 Å². The molecule has 3 aromatic rings. The molecule has 0 bridgehead atoms. The van der Waals surface area contributed by atoms with Crippen molar-refractivity contribution in [3.05, 3.63) is 118 Å². The van der Waals surface area contributed by atoms with Crippen molar-refractivity contribution in [1.82, 2.24) is 0 Å². The number of hydrogen-bond acceptors (Lipinski definition) is 2. The van der Waals surface area contributed by atoms with Crippen LogP contribution < -0.4 is 0 Å². The second-order valence-corrected chi connectivity index (χ2v) is 6.74. The number of aryl methyl sites for hydroxylation is 2. The number of carbonyl (C=O) groups excluding carboxylic acids is 2. The van der Waals surface area contributed by atoms with Gasteiger partial charge in [-0.15, -0.1) is 0 Å². The van der Waals surface area contributed by atoms with Crippen molar-refractivity contribution >= 4 is 23.7 Å². The Morgan fingerprint density at radius 1 is 0.500 bits per heavy atom. The van der Waals surface area contributed by atoms with E-state index in [2.05, 4.69) is 0 Å². The Bertz CT molecular complexity index is 933. The minimum Gasteiger partial charge on any atom is -0.299 e. The van der Waals surface area contributed by atoms with Crippen molar-refractivity contribution < 1.29 is 9.59 Å². The van der Waals surface area contributed by atoms with Gasteiger partial charge in [0.2, 0.25) is 0 Å². The lowest BCUT2D eigenvalue weighted by molar-refractivity contribution is -0.104. The number of allylic oxidation sites excluding steroid dienone is 2. The van der Waals surface area contributed by atoms with Gasteiger partial charge in [0.1, 0.15) is 12.6 Å². The van der Waals surface area contributed by atoms with Crippen LogP contribution >= 0.6 is 0 Å². The van der Waals surface area contributed by atoms with E-state index < -0.39 is 0 Å². The summed E-state index contributed by atoms with van der Waals surface area (Å²) in [5.74, 6) is 0. The van der Waals surface area contributed by atoms with E-state index in [1.54, 1.807) is 12.2 Å². The fourth-order valence-corrected chi connectivity index (χ4v) is 3.15. The van der Waals surface area contributed by atoms with E-state index in [-0.39, 0.29) is 0 Å². The van der Waals surface area contributed by atoms with Gasteiger partial charge in [0, 0.05) is 0 Å². The summed E-state index contributed by atoms with van der Waals surface area (Å²) in [6.45, 7) is 4.07. The monoisotopic (exact) mass is 366 g/mol. The average Bonchev–Trinajstić information content (AvgIpc) is 2.72. The highest BCUT2D eigenvalue weighted by Crippen LogP contribution is 2.28. The molecule has 0 fully saturated rings. The van der Waals surface area contributed by atoms with Crippen LogP contribution in [0.15, 0.2) is 84.9 Å². The van der Waals surface area contributed by atoms with E-state index >= 15 is 0 Å². The lowest BCUT2D eigenvalue weighted by Crippen LogP contribution is -1.93. The predicted molar refractivity (Wildman–Crippen MR) is 115 cm³/mol. The molecule has 0 N–H and O–H groups in total. The van der Waals surface area contributed by atoms with Gasteiger partial charge < -0.3 is 0 Å². The Morgan fingerprint density at radius 3 is 1.00 bits per heavy atom. The van der Waals surface area contributed by atoms with E-state index in [0.29, 0.717) is 0 Å². The Hall–Kier alpha value is -3.52. The SMILES string of the molecule is Cc1ccc(/C(=C\C=O)c2ccc(/C(=C/C=O)c3ccc(C)cc3)cc2)cc1. The summed E-state index contributed by atoms with van der Waals surface area (Å²) in [7, 11) is 0. The number of rotatable bonds is 6. The van der Waals surface area contributed by atoms with E-state index in [1.165, 1.54) is 11.1 Å². The van der Waals surface area contributed by atoms with Crippen molar-refractivity contribution in [2.75, 3.05) is 0 Å². The summed E-state index contributed by atoms with van der Waals surface area (Å²) >= 11 is 0. The highest BCUT2D eigenvalue weighted by molar-refractivity contribution is 5.92. The van der Waals surface area contributed by atoms with Gasteiger partial charge in [0.25, 0.3) is 0 Å². The van der Waals surface area contributed by atoms with Crippen molar-refractivity contribution in [2.24, 2.45) is 0 Å². The molecule has 0 atom stereocenters. The molecule has 0 radical (unpaired) electrons. The summed E-state index contributed by atoms with van der Waals surface area (Å²) in [5.41, 5.74) is 7.98. The molecule has 0 aliphatic carbocycles. The molecule has 2 nitrogen and oxygen atoms in total. The van der Waals surface area contributed by atoms with Crippen LogP contribution in [-0.2, 0) is 9.59 Å². The second-order valence-electron chi connectivity index (χ2n) is 6.74. The van der Waals surface area contributed by atoms with Crippen molar-refractivity contribution in [2.45, 2.75) is 13.8 Å². The zero-order valence-corrected chi connectivity index (χ0v) is 16.1. The summed E-state index contributed by atoms with van der Waals surface area (Å²) in [6, 6.07) is 24.1. The fraction of sp³-hybridized carbons (Fsp3) is 0.0769. The maximum atomic E-state index is 11.2. The molecule has 3 aromatic carbocycles. The summed E-state index contributed by atoms with van der Waals surface area (Å²) in [6.07, 6.45) is 4.80. The van der Waals surface area contributed by atoms with E-state index in [1.807, 2.05) is 86.6 Å². The van der Waals surface area contributed by atoms with Crippen molar-refractivity contribution in [1.29, 1.82) is 0 Å². The van der Waals surface area contributed by atoms with Crippen LogP contribution in [0.1, 0.15) is 33.4 Å². The number of benzene rings is 3. The third kappa shape index (κ3) is 4.41. The predicted octanol–water partition coefficient (Wildman–Crippen LogP) is 5.56. The Kier molecular flexibility index (Phi) is 6.13. The molecule has 0 aliphatic heterocycles. The maximum Gasteiger partial charge on any atom is 0.143 e. The lowest BCUT2D eigenvalue weighted by Gasteiger charge is -2.11. The standard InChI is InChI=1S/C26H22O2/c1-19-3-7-21(8-4-19)25(15-17-27)23-11-13-24(14-12-23)26(16-18-28)22-9-5-20(2)6-10-22/h3-18H,1-2H3/b25-15+,26-16+. The highest BCUT2D eigenvalue weighted by atomic mass is 16.1. The van der Waals surface area contributed by atoms with Gasteiger partial charge in [-0.25, -0.2) is 0 Å². The smallest absolute Gasteiger partial charge is 0.143 e. The zero-order valence-electron chi connectivity index (χ0n) is 16.1. The first-order valence-electron chi connectivity index (χ1n) is 9.18. The lowest BCUT2D eigenvalue weighted by atomic mass is 9.92. The molecular formula is C26H22O2. The third-order valence-electron chi connectivity index (χ3n) is 4.70. The molecule has 0 saturated heterocycles. The zero-order chi connectivity index (χ0) is 19.9. The topological polar surface area (TPSA) is 34.1 Å². The molecule has 3 rings (SSSR count). The molecule has 0 heterocycles. The number of carbonyl (C=O) groups is 2. The molecule has 0 spiro atoms. The molecule has 0 unspecified atom stereocenters. The van der Waals surface area contributed by atoms with Gasteiger partial charge in [-0.1, -0.05) is 83.9 Å². The summed E-state index contributed by atoms with van der Waals surface area (Å²) < 4.78 is 0. The number of aldehydes is 2. The molecular weight excluding hydrogens is 344 g/mol. The van der Waals surface area contributed by atoms with Crippen LogP contribution in [0.3, 0.4) is 0 Å². The van der Waals surface area contributed by atoms with E-state index in [4.69, 9.17) is 0 Å². The highest BCUT2D eigenvalue weighted by Gasteiger charge is 2.08. The normalized spacial score (nSPS) is 11.9. The molecule has 0 aliphatic rings. The van der Waals surface area contributed by atoms with E-state index in [9.17, 15) is 9.59 Å². The van der Waals surface area contributed by atoms with Crippen molar-refractivity contribution in [3.8, 4) is 0 Å². The Balaban J connectivity index is 1.98. The van der Waals surface area contributed by atoms with Gasteiger partial charge in [-0.05, 0) is 59.4 Å². The van der Waals surface area contributed by atoms with Crippen LogP contribution in [0, 0.1) is 13.8 Å². The van der Waals surface area contributed by atoms with Crippen LogP contribution in [0.25, 0.3) is 11.1 Å². The Labute approximate surface area is 165 Å². The third-order valence-corrected chi connectivity index (χ3v) is 4.70. The van der Waals surface area contributed by atoms with Gasteiger partial charge in [0.15, 0.2) is 0 Å². The second kappa shape index (κ2) is 8.92. The van der Waals surface area contributed by atoms with Crippen molar-refractivity contribution in [3.63, 3.8) is 0 Å². The molecule has 0 amide bonds. The molecule has 0 saturated carbocycles. The average molecular weight is 366 g/mol. The first-order chi connectivity index (χ1) is 13.6. The molecule has 2 heteroatoms. The first-order valence-corrected chi connectivity index (χ1v) is 9.18. The molecule has 0 aromatic heterocycles. The van der Waals surface area contributed by atoms with Crippen LogP contribution in [-0.4, -0.2) is 12.6 Å². The first kappa shape index (κ1) is 19.2. The minimum absolute atomic E-state index is 0.813. The van der Waals surface area contributed by atoms with Crippen LogP contribution in [0.2, 0.25) is 0 Å². The van der Waals surface area contributed by atoms with Crippen LogP contribution in [0.5, 0.6) is 0 Å². The van der Waals surface area contributed by atoms with Gasteiger partial charge >= 0.3 is 0 Å². The quantitative estimate of drug-likeness (QED) is 0.422. The van der Waals surface area contributed by atoms with Crippen LogP contribution in [0.4, 0.5) is 0 Å². The number of hydrogen-bond donors (Lipinski definition) is 0. The van der Waals surface area contributed by atoms with Gasteiger partial charge in [0.05, 0.1) is 0 Å². The maximum absolute atomic E-state index is 11.2. The van der Waals surface area contributed by atoms with E-state index in [0.717, 1.165) is 46.0 Å².